The van der Waals surface area contributed by atoms with Gasteiger partial charge in [0.1, 0.15) is 36.6 Å². The summed E-state index contributed by atoms with van der Waals surface area (Å²) in [5, 5.41) is 29.7. The molecule has 0 amide bonds. The first-order valence-electron chi connectivity index (χ1n) is 8.20. The Kier molecular flexibility index (Phi) is 11.3. The average Bonchev–Trinajstić information content (AvgIpc) is 2.57. The molecule has 0 aliphatic carbocycles. The second kappa shape index (κ2) is 11.5. The molecular weight excluding hydrogens is 494 g/mol. The maximum atomic E-state index is 11.0. The van der Waals surface area contributed by atoms with Crippen molar-refractivity contribution in [1.29, 1.82) is 0 Å². The molecule has 0 spiro atoms. The minimum Gasteiger partial charge on any atom is -0.726 e. The van der Waals surface area contributed by atoms with Crippen LogP contribution in [0, 0.1) is 0 Å². The van der Waals surface area contributed by atoms with Gasteiger partial charge in [0, 0.05) is 6.42 Å². The third-order valence-corrected chi connectivity index (χ3v) is 5.57. The number of hydrogen-bond donors (Lipinski definition) is 3. The minimum absolute atomic E-state index is 0. The first-order valence-corrected chi connectivity index (χ1v) is 10.9. The summed E-state index contributed by atoms with van der Waals surface area (Å²) in [4.78, 5) is 0. The third-order valence-electron chi connectivity index (χ3n) is 4.64. The predicted molar refractivity (Wildman–Crippen MR) is 81.0 cm³/mol. The van der Waals surface area contributed by atoms with Crippen LogP contribution in [0.2, 0.25) is 0 Å². The van der Waals surface area contributed by atoms with E-state index in [1.165, 1.54) is 0 Å². The molecule has 15 nitrogen and oxygen atoms in total. The molecule has 3 aliphatic rings. The van der Waals surface area contributed by atoms with Crippen LogP contribution in [0.4, 0.5) is 0 Å². The summed E-state index contributed by atoms with van der Waals surface area (Å²) in [7, 11) is -10.5. The molecule has 3 rings (SSSR count). The van der Waals surface area contributed by atoms with E-state index < -0.39 is 76.1 Å². The number of aliphatic hydroxyl groups is 3. The molecule has 3 heterocycles. The fourth-order valence-corrected chi connectivity index (χ4v) is 4.35. The van der Waals surface area contributed by atoms with Crippen LogP contribution in [0.15, 0.2) is 0 Å². The Balaban J connectivity index is 0.00000240. The second-order valence-electron chi connectivity index (χ2n) is 6.47. The molecular formula is C12H18Na2O15S2. The molecule has 3 aliphatic heterocycles. The van der Waals surface area contributed by atoms with Crippen molar-refractivity contribution in [1.82, 2.24) is 0 Å². The van der Waals surface area contributed by atoms with Crippen LogP contribution >= 0.6 is 0 Å². The van der Waals surface area contributed by atoms with Crippen molar-refractivity contribution in [3.05, 3.63) is 0 Å². The summed E-state index contributed by atoms with van der Waals surface area (Å²) < 4.78 is 95.3. The second-order valence-corrected chi connectivity index (χ2v) is 8.49. The van der Waals surface area contributed by atoms with Crippen molar-refractivity contribution in [2.24, 2.45) is 0 Å². The standard InChI is InChI=1S/C12H20O15S2.2Na/c13-3-5-10(27-29(19,20)21)8(14)9(15)11(24-5)25-12-6(26-28(16,17)18)1-2-22-7(12)4-23-12;;/h5-11,13-15H,1-4H2,(H,16,17,18)(H,19,20,21);;/q;2*+1/p-2/t5-,6+,7-,8-,9-,10+,11+,12+;;/m1../s1. The molecule has 3 saturated heterocycles. The van der Waals surface area contributed by atoms with Gasteiger partial charge in [0.15, 0.2) is 6.29 Å². The van der Waals surface area contributed by atoms with Crippen LogP contribution in [0.25, 0.3) is 0 Å². The Bertz CT molecular complexity index is 807. The fourth-order valence-electron chi connectivity index (χ4n) is 3.33. The minimum atomic E-state index is -5.33. The van der Waals surface area contributed by atoms with E-state index in [9.17, 15) is 41.3 Å². The number of ether oxygens (including phenoxy) is 4. The molecule has 170 valence electrons. The first kappa shape index (κ1) is 30.5. The first-order chi connectivity index (χ1) is 13.4. The zero-order chi connectivity index (χ0) is 21.6. The predicted octanol–water partition coefficient (Wildman–Crippen LogP) is -10.3. The van der Waals surface area contributed by atoms with Gasteiger partial charge in [-0.25, -0.2) is 16.8 Å². The van der Waals surface area contributed by atoms with Gasteiger partial charge in [-0.05, 0) is 0 Å². The van der Waals surface area contributed by atoms with Gasteiger partial charge in [-0.3, -0.25) is 8.37 Å². The molecule has 0 bridgehead atoms. The summed E-state index contributed by atoms with van der Waals surface area (Å²) in [6.45, 7) is -1.02. The van der Waals surface area contributed by atoms with Gasteiger partial charge >= 0.3 is 59.1 Å². The molecule has 0 aromatic rings. The molecule has 8 atom stereocenters. The van der Waals surface area contributed by atoms with Crippen molar-refractivity contribution in [3.63, 3.8) is 0 Å². The molecule has 19 heteroatoms. The van der Waals surface area contributed by atoms with Crippen LogP contribution in [-0.4, -0.2) is 110 Å². The Morgan fingerprint density at radius 1 is 1.03 bits per heavy atom. The largest absolute Gasteiger partial charge is 1.00 e. The summed E-state index contributed by atoms with van der Waals surface area (Å²) in [6, 6.07) is 0. The smallest absolute Gasteiger partial charge is 0.726 e. The number of fused-ring (bicyclic) bond motifs is 1. The monoisotopic (exact) mass is 512 g/mol. The van der Waals surface area contributed by atoms with Crippen LogP contribution in [0.5, 0.6) is 0 Å². The fraction of sp³-hybridized carbons (Fsp3) is 1.00. The quantitative estimate of drug-likeness (QED) is 0.163. The van der Waals surface area contributed by atoms with E-state index in [4.69, 9.17) is 18.9 Å². The van der Waals surface area contributed by atoms with Crippen LogP contribution in [-0.2, 0) is 48.1 Å². The molecule has 31 heavy (non-hydrogen) atoms. The summed E-state index contributed by atoms with van der Waals surface area (Å²) >= 11 is 0. The molecule has 0 radical (unpaired) electrons. The van der Waals surface area contributed by atoms with Gasteiger partial charge in [0.25, 0.3) is 0 Å². The Hall–Kier alpha value is 1.46. The maximum Gasteiger partial charge on any atom is 1.00 e. The third kappa shape index (κ3) is 7.00. The molecule has 3 fully saturated rings. The number of aliphatic hydroxyl groups excluding tert-OH is 3. The van der Waals surface area contributed by atoms with E-state index in [-0.39, 0.29) is 78.7 Å². The molecule has 0 unspecified atom stereocenters. The van der Waals surface area contributed by atoms with Gasteiger partial charge in [-0.2, -0.15) is 0 Å². The van der Waals surface area contributed by atoms with Crippen LogP contribution in [0.3, 0.4) is 0 Å². The Morgan fingerprint density at radius 3 is 2.13 bits per heavy atom. The van der Waals surface area contributed by atoms with Gasteiger partial charge in [0.05, 0.1) is 19.8 Å². The zero-order valence-electron chi connectivity index (χ0n) is 16.4. The molecule has 0 aromatic carbocycles. The SMILES string of the molecule is O=S(=O)([O-])O[C@@H]1[C@H](O)[C@@H](O)[C@H](O[C@]23OC[C@H]2OCC[C@@H]3OS(=O)(=O)[O-])O[C@@H]1CO.[Na+].[Na+]. The van der Waals surface area contributed by atoms with E-state index in [2.05, 4.69) is 8.37 Å². The Labute approximate surface area is 221 Å². The molecule has 3 N–H and O–H groups in total. The number of rotatable bonds is 7. The van der Waals surface area contributed by atoms with Crippen molar-refractivity contribution >= 4 is 20.8 Å². The van der Waals surface area contributed by atoms with Gasteiger partial charge in [-0.15, -0.1) is 0 Å². The zero-order valence-corrected chi connectivity index (χ0v) is 22.1. The van der Waals surface area contributed by atoms with E-state index in [1.807, 2.05) is 0 Å². The van der Waals surface area contributed by atoms with E-state index >= 15 is 0 Å². The van der Waals surface area contributed by atoms with Gasteiger partial charge < -0.3 is 43.4 Å². The maximum absolute atomic E-state index is 11.0. The topological polar surface area (TPSA) is 230 Å². The van der Waals surface area contributed by atoms with E-state index in [1.54, 1.807) is 0 Å². The van der Waals surface area contributed by atoms with Gasteiger partial charge in [0.2, 0.25) is 26.6 Å². The number of hydrogen-bond acceptors (Lipinski definition) is 15. The summed E-state index contributed by atoms with van der Waals surface area (Å²) in [6.07, 6.45) is -12.1. The van der Waals surface area contributed by atoms with Crippen LogP contribution < -0.4 is 59.1 Å². The summed E-state index contributed by atoms with van der Waals surface area (Å²) in [5.41, 5.74) is 0. The van der Waals surface area contributed by atoms with E-state index in [0.717, 1.165) is 0 Å². The normalized spacial score (nSPS) is 40.6. The molecule has 0 saturated carbocycles. The van der Waals surface area contributed by atoms with Crippen molar-refractivity contribution in [3.8, 4) is 0 Å². The summed E-state index contributed by atoms with van der Waals surface area (Å²) in [5.74, 6) is -2.00. The van der Waals surface area contributed by atoms with E-state index in [0.29, 0.717) is 0 Å². The van der Waals surface area contributed by atoms with Crippen LogP contribution in [0.1, 0.15) is 6.42 Å². The molecule has 0 aromatic heterocycles. The van der Waals surface area contributed by atoms with Crippen molar-refractivity contribution < 1.29 is 128 Å². The average molecular weight is 512 g/mol. The van der Waals surface area contributed by atoms with Crippen molar-refractivity contribution in [2.45, 2.75) is 55.1 Å². The Morgan fingerprint density at radius 2 is 1.65 bits per heavy atom. The van der Waals surface area contributed by atoms with Gasteiger partial charge in [-0.1, -0.05) is 0 Å². The van der Waals surface area contributed by atoms with Crippen molar-refractivity contribution in [2.75, 3.05) is 19.8 Å².